The van der Waals surface area contributed by atoms with Crippen LogP contribution in [0.2, 0.25) is 0 Å². The van der Waals surface area contributed by atoms with Crippen LogP contribution in [0.5, 0.6) is 0 Å². The smallest absolute Gasteiger partial charge is 0.373 e. The minimum atomic E-state index is -0.749. The zero-order chi connectivity index (χ0) is 19.1. The molecular weight excluding hydrogens is 312 g/mol. The van der Waals surface area contributed by atoms with E-state index in [0.717, 1.165) is 25.3 Å². The summed E-state index contributed by atoms with van der Waals surface area (Å²) in [7, 11) is 0. The highest BCUT2D eigenvalue weighted by Gasteiger charge is 2.21. The summed E-state index contributed by atoms with van der Waals surface area (Å²) in [6.45, 7) is 9.92. The van der Waals surface area contributed by atoms with Crippen molar-refractivity contribution in [3.05, 3.63) is 0 Å². The largest absolute Gasteiger partial charge is 0.481 e. The molecule has 1 heterocycles. The van der Waals surface area contributed by atoms with Gasteiger partial charge in [-0.3, -0.25) is 9.59 Å². The second-order valence-electron chi connectivity index (χ2n) is 6.92. The Hall–Kier alpha value is -1.72. The van der Waals surface area contributed by atoms with Crippen LogP contribution in [-0.4, -0.2) is 36.2 Å². The van der Waals surface area contributed by atoms with Gasteiger partial charge in [-0.15, -0.1) is 0 Å². The van der Waals surface area contributed by atoms with Gasteiger partial charge in [0.05, 0.1) is 0 Å². The van der Waals surface area contributed by atoms with Gasteiger partial charge in [-0.25, -0.2) is 0 Å². The molecule has 0 spiro atoms. The number of carboxylic acids is 1. The molecule has 7 heteroatoms. The second-order valence-corrected chi connectivity index (χ2v) is 6.92. The topological polar surface area (TPSA) is 127 Å². The highest BCUT2D eigenvalue weighted by atomic mass is 16.4. The van der Waals surface area contributed by atoms with Gasteiger partial charge in [0.2, 0.25) is 5.91 Å². The van der Waals surface area contributed by atoms with E-state index < -0.39 is 5.97 Å². The molecule has 140 valence electrons. The van der Waals surface area contributed by atoms with Crippen LogP contribution in [0, 0.1) is 23.7 Å². The first kappa shape index (κ1) is 24.5. The molecule has 1 fully saturated rings. The van der Waals surface area contributed by atoms with E-state index in [1.807, 2.05) is 0 Å². The number of nitrogens with two attached hydrogens (primary N) is 1. The number of carbonyl (C=O) groups is 2. The van der Waals surface area contributed by atoms with Gasteiger partial charge in [0.15, 0.2) is 0 Å². The maximum atomic E-state index is 10.7. The maximum absolute atomic E-state index is 10.7. The average molecular weight is 344 g/mol. The summed E-state index contributed by atoms with van der Waals surface area (Å²) in [5, 5.41) is 11.3. The van der Waals surface area contributed by atoms with E-state index in [4.69, 9.17) is 20.4 Å². The molecule has 1 aliphatic heterocycles. The monoisotopic (exact) mass is 344 g/mol. The highest BCUT2D eigenvalue weighted by molar-refractivity contribution is 5.78. The molecule has 0 aliphatic carbocycles. The van der Waals surface area contributed by atoms with Crippen molar-refractivity contribution in [2.45, 2.75) is 53.4 Å². The van der Waals surface area contributed by atoms with Gasteiger partial charge in [-0.2, -0.15) is 9.59 Å². The van der Waals surface area contributed by atoms with E-state index in [2.05, 4.69) is 33.0 Å². The molecule has 0 radical (unpaired) electrons. The molecule has 1 aliphatic rings. The van der Waals surface area contributed by atoms with Gasteiger partial charge in [-0.05, 0) is 43.1 Å². The first-order valence-corrected chi connectivity index (χ1v) is 8.33. The van der Waals surface area contributed by atoms with Crippen LogP contribution >= 0.6 is 0 Å². The molecule has 0 aromatic carbocycles. The van der Waals surface area contributed by atoms with Crippen LogP contribution in [0.4, 0.5) is 0 Å². The fourth-order valence-corrected chi connectivity index (χ4v) is 2.67. The van der Waals surface area contributed by atoms with Crippen molar-refractivity contribution in [3.63, 3.8) is 0 Å². The lowest BCUT2D eigenvalue weighted by atomic mass is 9.94. The Morgan fingerprint density at radius 2 is 1.83 bits per heavy atom. The Kier molecular flexibility index (Phi) is 15.2. The van der Waals surface area contributed by atoms with Crippen molar-refractivity contribution in [2.24, 2.45) is 29.4 Å². The molecule has 0 unspecified atom stereocenters. The standard InChI is InChI=1S/C8H17NO2.C8H15NO.CO2/c1-6(2)3-7(5-9)4-8(10)11;1-6(2)3-7-4-8(10)9-5-7;2-1-3/h6-7H,3-5,9H2,1-2H3,(H,10,11);6-7H,3-5H2,1-2H3,(H,9,10);/t2*7-;/m00./s1. The summed E-state index contributed by atoms with van der Waals surface area (Å²) < 4.78 is 0. The van der Waals surface area contributed by atoms with E-state index in [-0.39, 0.29) is 24.4 Å². The van der Waals surface area contributed by atoms with Gasteiger partial charge in [0.25, 0.3) is 0 Å². The van der Waals surface area contributed by atoms with Crippen LogP contribution in [0.15, 0.2) is 0 Å². The fraction of sp³-hybridized carbons (Fsp3) is 0.824. The zero-order valence-electron chi connectivity index (χ0n) is 15.2. The van der Waals surface area contributed by atoms with Gasteiger partial charge >= 0.3 is 12.1 Å². The summed E-state index contributed by atoms with van der Waals surface area (Å²) in [5.41, 5.74) is 5.41. The molecule has 0 aromatic rings. The fourth-order valence-electron chi connectivity index (χ4n) is 2.67. The van der Waals surface area contributed by atoms with Gasteiger partial charge in [0, 0.05) is 19.4 Å². The van der Waals surface area contributed by atoms with Gasteiger partial charge < -0.3 is 16.2 Å². The molecule has 7 nitrogen and oxygen atoms in total. The van der Waals surface area contributed by atoms with E-state index in [1.165, 1.54) is 6.42 Å². The molecule has 1 amide bonds. The second kappa shape index (κ2) is 14.8. The average Bonchev–Trinajstić information content (AvgIpc) is 2.83. The number of carbonyl (C=O) groups excluding carboxylic acids is 3. The number of nitrogens with one attached hydrogen (secondary N) is 1. The quantitative estimate of drug-likeness (QED) is 0.645. The zero-order valence-corrected chi connectivity index (χ0v) is 15.2. The number of rotatable bonds is 7. The van der Waals surface area contributed by atoms with Crippen LogP contribution in [-0.2, 0) is 19.2 Å². The molecule has 0 saturated carbocycles. The minimum absolute atomic E-state index is 0.146. The third-order valence-corrected chi connectivity index (χ3v) is 3.47. The summed E-state index contributed by atoms with van der Waals surface area (Å²) in [6, 6.07) is 0. The summed E-state index contributed by atoms with van der Waals surface area (Å²) in [6.07, 6.45) is 3.29. The van der Waals surface area contributed by atoms with Crippen LogP contribution < -0.4 is 11.1 Å². The number of amides is 1. The Morgan fingerprint density at radius 3 is 2.12 bits per heavy atom. The molecular formula is C17H32N2O5. The van der Waals surface area contributed by atoms with Crippen molar-refractivity contribution in [2.75, 3.05) is 13.1 Å². The lowest BCUT2D eigenvalue weighted by Crippen LogP contribution is -2.19. The molecule has 0 aromatic heterocycles. The van der Waals surface area contributed by atoms with E-state index in [0.29, 0.717) is 18.4 Å². The van der Waals surface area contributed by atoms with Crippen LogP contribution in [0.1, 0.15) is 53.4 Å². The third kappa shape index (κ3) is 16.6. The number of hydrogen-bond acceptors (Lipinski definition) is 5. The molecule has 4 N–H and O–H groups in total. The SMILES string of the molecule is CC(C)C[C@@H]1CNC(=O)C1.CC(C)C[C@H](CN)CC(=O)O.O=C=O. The molecule has 1 rings (SSSR count). The van der Waals surface area contributed by atoms with Crippen LogP contribution in [0.3, 0.4) is 0 Å². The normalized spacial score (nSPS) is 17.1. The maximum Gasteiger partial charge on any atom is 0.373 e. The number of aliphatic carboxylic acids is 1. The lowest BCUT2D eigenvalue weighted by molar-refractivity contribution is -0.191. The highest BCUT2D eigenvalue weighted by Crippen LogP contribution is 2.18. The first-order chi connectivity index (χ1) is 11.2. The van der Waals surface area contributed by atoms with Crippen molar-refractivity contribution in [1.82, 2.24) is 5.32 Å². The van der Waals surface area contributed by atoms with Crippen molar-refractivity contribution in [1.29, 1.82) is 0 Å². The number of carboxylic acid groups (broad SMARTS) is 1. The molecule has 24 heavy (non-hydrogen) atoms. The van der Waals surface area contributed by atoms with Crippen molar-refractivity contribution in [3.8, 4) is 0 Å². The predicted molar refractivity (Wildman–Crippen MR) is 89.8 cm³/mol. The van der Waals surface area contributed by atoms with E-state index in [9.17, 15) is 9.59 Å². The van der Waals surface area contributed by atoms with E-state index in [1.54, 1.807) is 0 Å². The number of hydrogen-bond donors (Lipinski definition) is 3. The Morgan fingerprint density at radius 1 is 1.29 bits per heavy atom. The Balaban J connectivity index is 0. The Labute approximate surface area is 144 Å². The third-order valence-electron chi connectivity index (χ3n) is 3.47. The summed E-state index contributed by atoms with van der Waals surface area (Å²) >= 11 is 0. The molecule has 1 saturated heterocycles. The summed E-state index contributed by atoms with van der Waals surface area (Å²) in [4.78, 5) is 37.3. The lowest BCUT2D eigenvalue weighted by Gasteiger charge is -2.13. The van der Waals surface area contributed by atoms with Crippen molar-refractivity contribution < 1.29 is 24.3 Å². The minimum Gasteiger partial charge on any atom is -0.481 e. The molecule has 2 atom stereocenters. The van der Waals surface area contributed by atoms with Crippen LogP contribution in [0.25, 0.3) is 0 Å². The summed E-state index contributed by atoms with van der Waals surface area (Å²) in [5.74, 6) is 1.48. The molecule has 0 bridgehead atoms. The van der Waals surface area contributed by atoms with Gasteiger partial charge in [-0.1, -0.05) is 27.7 Å². The van der Waals surface area contributed by atoms with Gasteiger partial charge in [0.1, 0.15) is 0 Å². The van der Waals surface area contributed by atoms with E-state index >= 15 is 0 Å². The first-order valence-electron chi connectivity index (χ1n) is 8.33. The predicted octanol–water partition coefficient (Wildman–Crippen LogP) is 1.67. The van der Waals surface area contributed by atoms with Crippen molar-refractivity contribution >= 4 is 18.0 Å². The Bertz CT molecular complexity index is 390.